The zero-order chi connectivity index (χ0) is 35.1. The SMILES string of the molecule is CCCCCCCc1cc(Sc2ccc(C(C)(C)C)cc2)c2c(c1O)C(=S)c1c(O)c(CCCCCCC)cc(-c3ccccc3)c1C2=O. The fourth-order valence-electron chi connectivity index (χ4n) is 6.88. The van der Waals surface area contributed by atoms with Crippen molar-refractivity contribution in [3.63, 3.8) is 0 Å². The van der Waals surface area contributed by atoms with Gasteiger partial charge in [0.25, 0.3) is 0 Å². The first-order valence-corrected chi connectivity index (χ1v) is 19.5. The van der Waals surface area contributed by atoms with Crippen molar-refractivity contribution in [3.05, 3.63) is 106 Å². The lowest BCUT2D eigenvalue weighted by atomic mass is 9.77. The number of rotatable bonds is 15. The van der Waals surface area contributed by atoms with Crippen molar-refractivity contribution in [3.8, 4) is 22.6 Å². The molecular formula is C44H52O3S2. The maximum absolute atomic E-state index is 14.9. The van der Waals surface area contributed by atoms with Gasteiger partial charge in [-0.15, -0.1) is 0 Å². The highest BCUT2D eigenvalue weighted by molar-refractivity contribution is 7.99. The topological polar surface area (TPSA) is 57.5 Å². The molecule has 0 aliphatic heterocycles. The second-order valence-electron chi connectivity index (χ2n) is 14.5. The second-order valence-corrected chi connectivity index (χ2v) is 16.1. The van der Waals surface area contributed by atoms with E-state index in [1.54, 1.807) is 11.8 Å². The average molecular weight is 693 g/mol. The molecule has 0 amide bonds. The van der Waals surface area contributed by atoms with Gasteiger partial charge in [-0.3, -0.25) is 4.79 Å². The number of carbonyl (C=O) groups is 1. The minimum Gasteiger partial charge on any atom is -0.507 e. The number of aromatic hydroxyl groups is 2. The summed E-state index contributed by atoms with van der Waals surface area (Å²) in [6, 6.07) is 22.5. The predicted molar refractivity (Wildman–Crippen MR) is 210 cm³/mol. The summed E-state index contributed by atoms with van der Waals surface area (Å²) in [4.78, 5) is 17.1. The van der Waals surface area contributed by atoms with E-state index in [4.69, 9.17) is 12.2 Å². The van der Waals surface area contributed by atoms with E-state index >= 15 is 0 Å². The minimum absolute atomic E-state index is 0.0297. The summed E-state index contributed by atoms with van der Waals surface area (Å²) in [6.45, 7) is 11.0. The van der Waals surface area contributed by atoms with Crippen LogP contribution in [0.15, 0.2) is 76.5 Å². The van der Waals surface area contributed by atoms with Gasteiger partial charge in [-0.2, -0.15) is 0 Å². The molecule has 5 rings (SSSR count). The third-order valence-electron chi connectivity index (χ3n) is 9.76. The van der Waals surface area contributed by atoms with Gasteiger partial charge in [0.05, 0.1) is 4.86 Å². The Balaban J connectivity index is 1.65. The molecule has 4 aromatic carbocycles. The number of benzene rings is 4. The Morgan fingerprint density at radius 3 is 1.73 bits per heavy atom. The zero-order valence-electron chi connectivity index (χ0n) is 30.0. The summed E-state index contributed by atoms with van der Waals surface area (Å²) in [7, 11) is 0. The van der Waals surface area contributed by atoms with E-state index in [1.807, 2.05) is 42.5 Å². The summed E-state index contributed by atoms with van der Waals surface area (Å²) in [5.74, 6) is -0.0566. The van der Waals surface area contributed by atoms with E-state index in [9.17, 15) is 15.0 Å². The standard InChI is InChI=1S/C44H52O3S2/c1-6-8-10-12-15-21-30-27-34(29-19-17-14-18-20-29)36-38(40(30)45)43(48)39-37(42(36)47)35(28-31(41(39)46)22-16-13-11-9-7-2)49-33-25-23-32(24-26-33)44(3,4)5/h14,17-20,23-28,45-46H,6-13,15-16,21-22H2,1-5H3. The maximum Gasteiger partial charge on any atom is 0.196 e. The van der Waals surface area contributed by atoms with Crippen molar-refractivity contribution in [1.82, 2.24) is 0 Å². The van der Waals surface area contributed by atoms with Crippen LogP contribution in [0.1, 0.15) is 143 Å². The molecule has 0 heterocycles. The van der Waals surface area contributed by atoms with Crippen molar-refractivity contribution in [1.29, 1.82) is 0 Å². The number of hydrogen-bond acceptors (Lipinski definition) is 5. The first-order valence-electron chi connectivity index (χ1n) is 18.3. The number of phenolic OH excluding ortho intramolecular Hbond substituents is 2. The highest BCUT2D eigenvalue weighted by Crippen LogP contribution is 2.48. The minimum atomic E-state index is -0.208. The van der Waals surface area contributed by atoms with Crippen molar-refractivity contribution in [2.45, 2.75) is 127 Å². The van der Waals surface area contributed by atoms with Crippen LogP contribution in [0.25, 0.3) is 11.1 Å². The van der Waals surface area contributed by atoms with E-state index in [0.29, 0.717) is 40.0 Å². The quantitative estimate of drug-likeness (QED) is 0.0845. The third kappa shape index (κ3) is 8.32. The number of aryl methyl sites for hydroxylation is 2. The van der Waals surface area contributed by atoms with Gasteiger partial charge < -0.3 is 10.2 Å². The zero-order valence-corrected chi connectivity index (χ0v) is 31.6. The normalized spacial score (nSPS) is 12.7. The summed E-state index contributed by atoms with van der Waals surface area (Å²) in [5, 5.41) is 23.8. The number of fused-ring (bicyclic) bond motifs is 2. The Morgan fingerprint density at radius 1 is 0.653 bits per heavy atom. The van der Waals surface area contributed by atoms with E-state index in [1.165, 1.54) is 31.2 Å². The number of phenols is 2. The maximum atomic E-state index is 14.9. The van der Waals surface area contributed by atoms with Gasteiger partial charge >= 0.3 is 0 Å². The molecule has 3 nitrogen and oxygen atoms in total. The lowest BCUT2D eigenvalue weighted by Crippen LogP contribution is -2.24. The first kappa shape index (κ1) is 36.9. The molecule has 0 unspecified atom stereocenters. The van der Waals surface area contributed by atoms with Crippen LogP contribution in [0.3, 0.4) is 0 Å². The molecule has 258 valence electrons. The largest absolute Gasteiger partial charge is 0.507 e. The van der Waals surface area contributed by atoms with Crippen LogP contribution in [0.5, 0.6) is 11.5 Å². The van der Waals surface area contributed by atoms with Gasteiger partial charge in [-0.1, -0.05) is 152 Å². The summed E-state index contributed by atoms with van der Waals surface area (Å²) in [5.41, 5.74) is 6.19. The van der Waals surface area contributed by atoms with Crippen LogP contribution in [0.2, 0.25) is 0 Å². The van der Waals surface area contributed by atoms with Crippen LogP contribution in [0.4, 0.5) is 0 Å². The highest BCUT2D eigenvalue weighted by atomic mass is 32.2. The van der Waals surface area contributed by atoms with Gasteiger partial charge in [0, 0.05) is 32.0 Å². The molecule has 0 spiro atoms. The molecule has 0 fully saturated rings. The van der Waals surface area contributed by atoms with E-state index < -0.39 is 0 Å². The van der Waals surface area contributed by atoms with Crippen LogP contribution in [-0.4, -0.2) is 20.9 Å². The van der Waals surface area contributed by atoms with Gasteiger partial charge in [-0.05, 0) is 83.2 Å². The van der Waals surface area contributed by atoms with Gasteiger partial charge in [0.1, 0.15) is 11.5 Å². The number of ketones is 1. The van der Waals surface area contributed by atoms with E-state index in [2.05, 4.69) is 58.9 Å². The lowest BCUT2D eigenvalue weighted by Gasteiger charge is -2.28. The van der Waals surface area contributed by atoms with Crippen molar-refractivity contribution >= 4 is 34.6 Å². The third-order valence-corrected chi connectivity index (χ3v) is 11.2. The first-order chi connectivity index (χ1) is 23.6. The van der Waals surface area contributed by atoms with Crippen molar-refractivity contribution in [2.75, 3.05) is 0 Å². The number of hydrogen-bond donors (Lipinski definition) is 2. The summed E-state index contributed by atoms with van der Waals surface area (Å²) in [6.07, 6.45) is 12.5. The Morgan fingerprint density at radius 2 is 1.18 bits per heavy atom. The van der Waals surface area contributed by atoms with Crippen LogP contribution in [0, 0.1) is 0 Å². The Bertz CT molecular complexity index is 1780. The van der Waals surface area contributed by atoms with Gasteiger partial charge in [0.15, 0.2) is 5.78 Å². The van der Waals surface area contributed by atoms with Crippen molar-refractivity contribution < 1.29 is 15.0 Å². The summed E-state index contributed by atoms with van der Waals surface area (Å²) >= 11 is 7.76. The van der Waals surface area contributed by atoms with E-state index in [0.717, 1.165) is 70.6 Å². The fraction of sp³-hybridized carbons (Fsp3) is 0.409. The van der Waals surface area contributed by atoms with Gasteiger partial charge in [0.2, 0.25) is 0 Å². The molecule has 2 N–H and O–H groups in total. The molecular weight excluding hydrogens is 641 g/mol. The number of unbranched alkanes of at least 4 members (excludes halogenated alkanes) is 8. The monoisotopic (exact) mass is 692 g/mol. The predicted octanol–water partition coefficient (Wildman–Crippen LogP) is 12.5. The molecule has 0 aromatic heterocycles. The molecule has 1 aliphatic rings. The molecule has 0 bridgehead atoms. The van der Waals surface area contributed by atoms with Crippen LogP contribution in [-0.2, 0) is 18.3 Å². The number of carbonyl (C=O) groups excluding carboxylic acids is 1. The van der Waals surface area contributed by atoms with Crippen molar-refractivity contribution in [2.24, 2.45) is 0 Å². The number of thiocarbonyl (C=S) groups is 1. The Kier molecular flexibility index (Phi) is 12.4. The molecule has 49 heavy (non-hydrogen) atoms. The van der Waals surface area contributed by atoms with Gasteiger partial charge in [-0.25, -0.2) is 0 Å². The Hall–Kier alpha value is -3.41. The molecule has 0 saturated carbocycles. The second kappa shape index (κ2) is 16.5. The van der Waals surface area contributed by atoms with Crippen LogP contribution < -0.4 is 0 Å². The Labute approximate surface area is 303 Å². The summed E-state index contributed by atoms with van der Waals surface area (Å²) < 4.78 is 0. The average Bonchev–Trinajstić information content (AvgIpc) is 3.08. The lowest BCUT2D eigenvalue weighted by molar-refractivity contribution is 0.103. The fourth-order valence-corrected chi connectivity index (χ4v) is 8.30. The van der Waals surface area contributed by atoms with Crippen LogP contribution >= 0.6 is 24.0 Å². The smallest absolute Gasteiger partial charge is 0.196 e. The molecule has 0 saturated heterocycles. The molecule has 0 atom stereocenters. The molecule has 1 aliphatic carbocycles. The van der Waals surface area contributed by atoms with E-state index in [-0.39, 0.29) is 22.7 Å². The highest BCUT2D eigenvalue weighted by Gasteiger charge is 2.38. The molecule has 5 heteroatoms. The molecule has 0 radical (unpaired) electrons. The molecule has 4 aromatic rings.